The van der Waals surface area contributed by atoms with E-state index in [0.717, 1.165) is 28.7 Å². The van der Waals surface area contributed by atoms with Gasteiger partial charge >= 0.3 is 0 Å². The van der Waals surface area contributed by atoms with Crippen LogP contribution in [0.15, 0.2) is 36.4 Å². The second-order valence-electron chi connectivity index (χ2n) is 7.33. The Kier molecular flexibility index (Phi) is 6.02. The Morgan fingerprint density at radius 1 is 1.14 bits per heavy atom. The van der Waals surface area contributed by atoms with E-state index in [9.17, 15) is 13.2 Å². The Labute approximate surface area is 171 Å². The Balaban J connectivity index is 1.61. The number of hydrogen-bond acceptors (Lipinski definition) is 5. The molecule has 1 aliphatic rings. The summed E-state index contributed by atoms with van der Waals surface area (Å²) in [5.41, 5.74) is 3.57. The minimum atomic E-state index is -3.54. The fraction of sp³-hybridized carbons (Fsp3) is 0.381. The summed E-state index contributed by atoms with van der Waals surface area (Å²) in [4.78, 5) is 12.6. The van der Waals surface area contributed by atoms with E-state index in [1.807, 2.05) is 39.0 Å². The number of anilines is 1. The van der Waals surface area contributed by atoms with Gasteiger partial charge in [0, 0.05) is 0 Å². The summed E-state index contributed by atoms with van der Waals surface area (Å²) >= 11 is 0. The normalized spacial score (nSPS) is 16.0. The van der Waals surface area contributed by atoms with Gasteiger partial charge in [-0.2, -0.15) is 0 Å². The van der Waals surface area contributed by atoms with Gasteiger partial charge in [-0.15, -0.1) is 0 Å². The predicted molar refractivity (Wildman–Crippen MR) is 112 cm³/mol. The van der Waals surface area contributed by atoms with E-state index < -0.39 is 16.1 Å². The number of sulfonamides is 1. The number of carbonyl (C=O) groups excluding carboxylic acids is 1. The maximum absolute atomic E-state index is 12.6. The van der Waals surface area contributed by atoms with Crippen LogP contribution in [0.2, 0.25) is 0 Å². The molecule has 1 amide bonds. The third-order valence-electron chi connectivity index (χ3n) is 4.54. The average Bonchev–Trinajstić information content (AvgIpc) is 2.62. The summed E-state index contributed by atoms with van der Waals surface area (Å²) < 4.78 is 37.1. The topological polar surface area (TPSA) is 84.9 Å². The van der Waals surface area contributed by atoms with Crippen molar-refractivity contribution in [2.24, 2.45) is 0 Å². The van der Waals surface area contributed by atoms with Crippen LogP contribution in [0.25, 0.3) is 0 Å². The van der Waals surface area contributed by atoms with Gasteiger partial charge in [-0.25, -0.2) is 8.42 Å². The quantitative estimate of drug-likeness (QED) is 0.728. The molecular weight excluding hydrogens is 392 g/mol. The lowest BCUT2D eigenvalue weighted by Crippen LogP contribution is -2.51. The molecule has 0 saturated carbocycles. The summed E-state index contributed by atoms with van der Waals surface area (Å²) in [5, 5.41) is 2.76. The highest BCUT2D eigenvalue weighted by atomic mass is 32.2. The maximum Gasteiger partial charge on any atom is 0.263 e. The number of benzene rings is 2. The molecule has 0 aromatic heterocycles. The Morgan fingerprint density at radius 2 is 1.83 bits per heavy atom. The molecule has 0 spiro atoms. The lowest BCUT2D eigenvalue weighted by atomic mass is 10.1. The molecule has 1 aliphatic heterocycles. The van der Waals surface area contributed by atoms with Gasteiger partial charge in [0.25, 0.3) is 5.91 Å². The van der Waals surface area contributed by atoms with Crippen LogP contribution in [0.5, 0.6) is 11.5 Å². The molecule has 0 radical (unpaired) electrons. The average molecular weight is 419 g/mol. The number of amides is 1. The van der Waals surface area contributed by atoms with Crippen LogP contribution in [-0.2, 0) is 14.8 Å². The highest BCUT2D eigenvalue weighted by molar-refractivity contribution is 7.92. The third-order valence-corrected chi connectivity index (χ3v) is 5.69. The first kappa shape index (κ1) is 21.0. The number of ether oxygens (including phenoxy) is 2. The number of rotatable bonds is 6. The van der Waals surface area contributed by atoms with E-state index in [1.165, 1.54) is 4.31 Å². The number of carbonyl (C=O) groups is 1. The van der Waals surface area contributed by atoms with Gasteiger partial charge in [-0.3, -0.25) is 9.10 Å². The minimum Gasteiger partial charge on any atom is -0.492 e. The second-order valence-corrected chi connectivity index (χ2v) is 9.24. The predicted octanol–water partition coefficient (Wildman–Crippen LogP) is 2.33. The van der Waals surface area contributed by atoms with Crippen molar-refractivity contribution in [3.05, 3.63) is 53.1 Å². The zero-order valence-electron chi connectivity index (χ0n) is 17.1. The molecule has 0 saturated heterocycles. The van der Waals surface area contributed by atoms with E-state index in [1.54, 1.807) is 12.1 Å². The molecule has 1 N–H and O–H groups in total. The van der Waals surface area contributed by atoms with Gasteiger partial charge in [0.15, 0.2) is 6.10 Å². The summed E-state index contributed by atoms with van der Waals surface area (Å²) in [7, 11) is -3.54. The summed E-state index contributed by atoms with van der Waals surface area (Å²) in [6.07, 6.45) is 0.193. The van der Waals surface area contributed by atoms with Gasteiger partial charge in [0.2, 0.25) is 10.0 Å². The molecular formula is C21H26N2O5S. The van der Waals surface area contributed by atoms with Crippen LogP contribution in [0.1, 0.15) is 16.7 Å². The van der Waals surface area contributed by atoms with Crippen LogP contribution < -0.4 is 19.1 Å². The number of nitrogens with one attached hydrogen (secondary N) is 1. The molecule has 2 aromatic rings. The summed E-state index contributed by atoms with van der Waals surface area (Å²) in [5.74, 6) is 0.742. The minimum absolute atomic E-state index is 0.0704. The van der Waals surface area contributed by atoms with Crippen molar-refractivity contribution >= 4 is 21.6 Å². The van der Waals surface area contributed by atoms with Crippen LogP contribution >= 0.6 is 0 Å². The molecule has 0 bridgehead atoms. The van der Waals surface area contributed by atoms with Gasteiger partial charge in [0.05, 0.1) is 25.0 Å². The first-order chi connectivity index (χ1) is 13.6. The van der Waals surface area contributed by atoms with Crippen molar-refractivity contribution in [3.63, 3.8) is 0 Å². The molecule has 2 aromatic carbocycles. The number of fused-ring (bicyclic) bond motifs is 1. The van der Waals surface area contributed by atoms with E-state index >= 15 is 0 Å². The van der Waals surface area contributed by atoms with Crippen molar-refractivity contribution in [1.82, 2.24) is 5.32 Å². The van der Waals surface area contributed by atoms with Gasteiger partial charge in [-0.1, -0.05) is 12.1 Å². The summed E-state index contributed by atoms with van der Waals surface area (Å²) in [6.45, 7) is 6.37. The van der Waals surface area contributed by atoms with E-state index in [-0.39, 0.29) is 19.0 Å². The Hall–Kier alpha value is -2.74. The van der Waals surface area contributed by atoms with E-state index in [2.05, 4.69) is 11.4 Å². The first-order valence-electron chi connectivity index (χ1n) is 9.37. The monoisotopic (exact) mass is 418 g/mol. The van der Waals surface area contributed by atoms with Crippen LogP contribution in [0, 0.1) is 20.8 Å². The Bertz CT molecular complexity index is 999. The molecule has 156 valence electrons. The molecule has 1 heterocycles. The zero-order chi connectivity index (χ0) is 21.2. The zero-order valence-corrected chi connectivity index (χ0v) is 17.9. The van der Waals surface area contributed by atoms with Gasteiger partial charge in [0.1, 0.15) is 18.1 Å². The second kappa shape index (κ2) is 8.32. The fourth-order valence-electron chi connectivity index (χ4n) is 3.29. The van der Waals surface area contributed by atoms with E-state index in [4.69, 9.17) is 9.47 Å². The van der Waals surface area contributed by atoms with Crippen LogP contribution in [0.4, 0.5) is 5.69 Å². The SMILES string of the molecule is Cc1cc(C)cc(OCCNC(=O)[C@@H]2CN(S(C)(=O)=O)c3cc(C)ccc3O2)c1. The molecule has 0 unspecified atom stereocenters. The first-order valence-corrected chi connectivity index (χ1v) is 11.2. The van der Waals surface area contributed by atoms with Gasteiger partial charge < -0.3 is 14.8 Å². The Morgan fingerprint density at radius 3 is 2.48 bits per heavy atom. The fourth-order valence-corrected chi connectivity index (χ4v) is 4.19. The van der Waals surface area contributed by atoms with Gasteiger partial charge in [-0.05, 0) is 61.7 Å². The van der Waals surface area contributed by atoms with Crippen LogP contribution in [-0.4, -0.2) is 46.4 Å². The molecule has 0 fully saturated rings. The highest BCUT2D eigenvalue weighted by Gasteiger charge is 2.34. The lowest BCUT2D eigenvalue weighted by Gasteiger charge is -2.34. The van der Waals surface area contributed by atoms with Crippen molar-refractivity contribution in [1.29, 1.82) is 0 Å². The smallest absolute Gasteiger partial charge is 0.263 e. The molecule has 7 nitrogen and oxygen atoms in total. The number of aryl methyl sites for hydroxylation is 3. The third kappa shape index (κ3) is 5.20. The van der Waals surface area contributed by atoms with Crippen molar-refractivity contribution in [3.8, 4) is 11.5 Å². The largest absolute Gasteiger partial charge is 0.492 e. The number of nitrogens with zero attached hydrogens (tertiary/aromatic N) is 1. The van der Waals surface area contributed by atoms with Crippen molar-refractivity contribution in [2.75, 3.05) is 30.3 Å². The number of hydrogen-bond donors (Lipinski definition) is 1. The van der Waals surface area contributed by atoms with E-state index in [0.29, 0.717) is 18.0 Å². The molecule has 29 heavy (non-hydrogen) atoms. The summed E-state index contributed by atoms with van der Waals surface area (Å²) in [6, 6.07) is 11.2. The van der Waals surface area contributed by atoms with Crippen molar-refractivity contribution < 1.29 is 22.7 Å². The molecule has 0 aliphatic carbocycles. The standard InChI is InChI=1S/C21H26N2O5S/c1-14-5-6-19-18(12-14)23(29(4,25)26)13-20(28-19)21(24)22-7-8-27-17-10-15(2)9-16(3)11-17/h5-6,9-12,20H,7-8,13H2,1-4H3,(H,22,24)/t20-/m0/s1. The van der Waals surface area contributed by atoms with Crippen molar-refractivity contribution in [2.45, 2.75) is 26.9 Å². The van der Waals surface area contributed by atoms with Crippen LogP contribution in [0.3, 0.4) is 0 Å². The molecule has 1 atom stereocenters. The molecule has 3 rings (SSSR count). The molecule has 8 heteroatoms. The maximum atomic E-state index is 12.6. The lowest BCUT2D eigenvalue weighted by molar-refractivity contribution is -0.127. The highest BCUT2D eigenvalue weighted by Crippen LogP contribution is 2.35.